The van der Waals surface area contributed by atoms with Crippen LogP contribution < -0.4 is 21.7 Å². The van der Waals surface area contributed by atoms with Gasteiger partial charge in [0.2, 0.25) is 0 Å². The van der Waals surface area contributed by atoms with Gasteiger partial charge in [-0.05, 0) is 39.6 Å². The summed E-state index contributed by atoms with van der Waals surface area (Å²) in [5.74, 6) is -2.72. The van der Waals surface area contributed by atoms with Crippen LogP contribution in [0.25, 0.3) is 32.7 Å². The number of carboxylic acid groups (broad SMARTS) is 2. The highest BCUT2D eigenvalue weighted by molar-refractivity contribution is 6.16. The minimum Gasteiger partial charge on any atom is -0.545 e. The second-order valence-electron chi connectivity index (χ2n) is 10.3. The van der Waals surface area contributed by atoms with Crippen molar-refractivity contribution in [3.05, 3.63) is 156 Å². The van der Waals surface area contributed by atoms with E-state index in [-0.39, 0.29) is 29.8 Å². The van der Waals surface area contributed by atoms with E-state index in [1.165, 1.54) is 23.3 Å². The Balaban J connectivity index is 0.000000207. The third-order valence-corrected chi connectivity index (χ3v) is 7.49. The standard InChI is InChI=1S/C22H14O4.C14H16N2.C2H6O/c23-21(24)17-11-9-13-5-1-3-7-15(13)19(17)20-16-8-4-2-6-14(16)10-12-18(20)22(25)26;15-13(11-7-3-1-4-8-11)14(16)12-9-5-2-6-10-12;1-2-3/h1-12H,(H,23,24)(H,25,26);1-10,13-14H,15-16H2;3H,2H2,1H3/t;13-,14-;/m.1./s1. The number of carbonyl (C=O) groups excluding carboxylic acids is 2. The summed E-state index contributed by atoms with van der Waals surface area (Å²) in [6.07, 6.45) is 0. The molecular formula is C38H36N2O5. The van der Waals surface area contributed by atoms with E-state index in [2.05, 4.69) is 35.7 Å². The number of aromatic carboxylic acids is 2. The van der Waals surface area contributed by atoms with Gasteiger partial charge in [0.05, 0.1) is 11.9 Å². The van der Waals surface area contributed by atoms with Gasteiger partial charge in [-0.2, -0.15) is 0 Å². The molecule has 0 heterocycles. The molecule has 0 bridgehead atoms. The minimum atomic E-state index is -1.36. The maximum Gasteiger partial charge on any atom is 0.167 e. The molecule has 0 fully saturated rings. The van der Waals surface area contributed by atoms with Crippen LogP contribution in [-0.2, 0) is 0 Å². The number of carboxylic acids is 2. The fourth-order valence-electron chi connectivity index (χ4n) is 5.29. The summed E-state index contributed by atoms with van der Waals surface area (Å²) in [6, 6.07) is 41.9. The zero-order valence-corrected chi connectivity index (χ0v) is 25.1. The Kier molecular flexibility index (Phi) is 11.2. The van der Waals surface area contributed by atoms with Crippen molar-refractivity contribution in [2.45, 2.75) is 19.0 Å². The topological polar surface area (TPSA) is 156 Å². The molecule has 228 valence electrons. The van der Waals surface area contributed by atoms with Crippen LogP contribution in [0.1, 0.15) is 50.9 Å². The predicted octanol–water partition coefficient (Wildman–Crippen LogP) is 3.34. The lowest BCUT2D eigenvalue weighted by atomic mass is 9.87. The predicted molar refractivity (Wildman–Crippen MR) is 172 cm³/mol. The lowest BCUT2D eigenvalue weighted by Gasteiger charge is -2.20. The van der Waals surface area contributed by atoms with Crippen molar-refractivity contribution >= 4 is 33.5 Å². The maximum atomic E-state index is 11.8. The van der Waals surface area contributed by atoms with Gasteiger partial charge in [-0.1, -0.05) is 133 Å². The molecule has 0 spiro atoms. The smallest absolute Gasteiger partial charge is 0.167 e. The Morgan fingerprint density at radius 3 is 1.20 bits per heavy atom. The highest BCUT2D eigenvalue weighted by Gasteiger charge is 2.23. The van der Waals surface area contributed by atoms with Crippen LogP contribution >= 0.6 is 0 Å². The molecule has 7 N–H and O–H groups in total. The first-order valence-electron chi connectivity index (χ1n) is 14.6. The summed E-state index contributed by atoms with van der Waals surface area (Å²) in [4.78, 5) is 23.6. The first kappa shape index (κ1) is 32.6. The van der Waals surface area contributed by atoms with E-state index in [1.807, 2.05) is 60.7 Å². The molecule has 0 aromatic heterocycles. The van der Waals surface area contributed by atoms with Crippen LogP contribution in [0.5, 0.6) is 0 Å². The number of fused-ring (bicyclic) bond motifs is 2. The largest absolute Gasteiger partial charge is 0.545 e. The van der Waals surface area contributed by atoms with Gasteiger partial charge in [0.1, 0.15) is 0 Å². The second-order valence-corrected chi connectivity index (χ2v) is 10.3. The normalized spacial score (nSPS) is 11.8. The highest BCUT2D eigenvalue weighted by atomic mass is 16.4. The van der Waals surface area contributed by atoms with E-state index >= 15 is 0 Å². The van der Waals surface area contributed by atoms with Crippen LogP contribution in [0, 0.1) is 0 Å². The van der Waals surface area contributed by atoms with Gasteiger partial charge in [-0.15, -0.1) is 0 Å². The van der Waals surface area contributed by atoms with Crippen molar-refractivity contribution in [2.75, 3.05) is 6.61 Å². The lowest BCUT2D eigenvalue weighted by Crippen LogP contribution is -2.68. The van der Waals surface area contributed by atoms with Gasteiger partial charge in [-0.25, -0.2) is 0 Å². The molecular weight excluding hydrogens is 564 g/mol. The molecule has 0 saturated carbocycles. The summed E-state index contributed by atoms with van der Waals surface area (Å²) in [5.41, 5.74) is 11.5. The molecule has 0 aliphatic carbocycles. The molecule has 6 aromatic rings. The van der Waals surface area contributed by atoms with Crippen molar-refractivity contribution < 1.29 is 36.4 Å². The molecule has 0 aliphatic rings. The fourth-order valence-corrected chi connectivity index (χ4v) is 5.29. The van der Waals surface area contributed by atoms with Gasteiger partial charge in [0.25, 0.3) is 0 Å². The Bertz CT molecular complexity index is 1750. The molecule has 2 atom stereocenters. The maximum absolute atomic E-state index is 11.8. The van der Waals surface area contributed by atoms with E-state index in [0.29, 0.717) is 21.9 Å². The number of rotatable bonds is 6. The molecule has 7 heteroatoms. The third-order valence-electron chi connectivity index (χ3n) is 7.49. The fraction of sp³-hybridized carbons (Fsp3) is 0.105. The molecule has 6 aromatic carbocycles. The Morgan fingerprint density at radius 2 is 0.867 bits per heavy atom. The van der Waals surface area contributed by atoms with Crippen LogP contribution in [0.2, 0.25) is 0 Å². The summed E-state index contributed by atoms with van der Waals surface area (Å²) < 4.78 is 0. The van der Waals surface area contributed by atoms with Crippen LogP contribution in [0.4, 0.5) is 0 Å². The first-order chi connectivity index (χ1) is 21.8. The van der Waals surface area contributed by atoms with E-state index in [9.17, 15) is 19.8 Å². The van der Waals surface area contributed by atoms with Crippen LogP contribution in [0.15, 0.2) is 133 Å². The number of aliphatic hydroxyl groups is 1. The highest BCUT2D eigenvalue weighted by Crippen LogP contribution is 2.38. The number of carbonyl (C=O) groups is 2. The van der Waals surface area contributed by atoms with Gasteiger partial charge in [0.15, 0.2) is 12.1 Å². The number of benzene rings is 6. The Labute approximate surface area is 262 Å². The average molecular weight is 601 g/mol. The molecule has 0 radical (unpaired) electrons. The number of hydrogen-bond acceptors (Lipinski definition) is 5. The van der Waals surface area contributed by atoms with E-state index < -0.39 is 11.9 Å². The number of aliphatic hydroxyl groups excluding tert-OH is 1. The zero-order valence-electron chi connectivity index (χ0n) is 25.1. The van der Waals surface area contributed by atoms with Crippen LogP contribution in [-0.4, -0.2) is 23.7 Å². The van der Waals surface area contributed by atoms with Crippen molar-refractivity contribution in [3.63, 3.8) is 0 Å². The van der Waals surface area contributed by atoms with Gasteiger partial charge in [-0.3, -0.25) is 0 Å². The first-order valence-corrected chi connectivity index (χ1v) is 14.6. The molecule has 0 amide bonds. The van der Waals surface area contributed by atoms with E-state index in [4.69, 9.17) is 5.11 Å². The molecule has 6 rings (SSSR count). The Hall–Kier alpha value is -5.34. The molecule has 0 saturated heterocycles. The molecule has 45 heavy (non-hydrogen) atoms. The number of quaternary nitrogens is 2. The molecule has 0 unspecified atom stereocenters. The summed E-state index contributed by atoms with van der Waals surface area (Å²) in [5, 5.41) is 34.0. The van der Waals surface area contributed by atoms with E-state index in [1.54, 1.807) is 43.3 Å². The zero-order chi connectivity index (χ0) is 32.3. The van der Waals surface area contributed by atoms with Gasteiger partial charge >= 0.3 is 0 Å². The Morgan fingerprint density at radius 1 is 0.556 bits per heavy atom. The SMILES string of the molecule is CCO.O=C([O-])c1ccc2ccccc2c1-c1c(C(=O)[O-])ccc2ccccc12.[NH3+][C@H](c1ccccc1)[C@H]([NH3+])c1ccccc1. The van der Waals surface area contributed by atoms with Gasteiger partial charge < -0.3 is 36.4 Å². The van der Waals surface area contributed by atoms with Crippen molar-refractivity contribution in [3.8, 4) is 11.1 Å². The summed E-state index contributed by atoms with van der Waals surface area (Å²) >= 11 is 0. The second kappa shape index (κ2) is 15.4. The van der Waals surface area contributed by atoms with Gasteiger partial charge in [0, 0.05) is 28.9 Å². The number of hydrogen-bond donors (Lipinski definition) is 3. The summed E-state index contributed by atoms with van der Waals surface area (Å²) in [7, 11) is 0. The van der Waals surface area contributed by atoms with Crippen molar-refractivity contribution in [1.29, 1.82) is 0 Å². The third kappa shape index (κ3) is 7.60. The average Bonchev–Trinajstić information content (AvgIpc) is 3.08. The molecule has 0 aliphatic heterocycles. The van der Waals surface area contributed by atoms with Crippen molar-refractivity contribution in [2.24, 2.45) is 0 Å². The monoisotopic (exact) mass is 600 g/mol. The lowest BCUT2D eigenvalue weighted by molar-refractivity contribution is -0.540. The minimum absolute atomic E-state index is 0.0532. The quantitative estimate of drug-likeness (QED) is 0.267. The summed E-state index contributed by atoms with van der Waals surface area (Å²) in [6.45, 7) is 1.93. The van der Waals surface area contributed by atoms with Crippen LogP contribution in [0.3, 0.4) is 0 Å². The van der Waals surface area contributed by atoms with Crippen molar-refractivity contribution in [1.82, 2.24) is 0 Å². The van der Waals surface area contributed by atoms with E-state index in [0.717, 1.165) is 10.8 Å². The molecule has 7 nitrogen and oxygen atoms in total.